The van der Waals surface area contributed by atoms with Crippen molar-refractivity contribution < 1.29 is 27.5 Å². The van der Waals surface area contributed by atoms with Crippen LogP contribution in [0.2, 0.25) is 0 Å². The van der Waals surface area contributed by atoms with E-state index in [-0.39, 0.29) is 23.9 Å². The molecule has 156 valence electrons. The van der Waals surface area contributed by atoms with Crippen LogP contribution in [0, 0.1) is 0 Å². The number of halogens is 3. The van der Waals surface area contributed by atoms with E-state index in [0.717, 1.165) is 16.7 Å². The van der Waals surface area contributed by atoms with E-state index >= 15 is 0 Å². The van der Waals surface area contributed by atoms with Gasteiger partial charge in [-0.2, -0.15) is 13.2 Å². The quantitative estimate of drug-likeness (QED) is 0.640. The van der Waals surface area contributed by atoms with Crippen LogP contribution in [0.15, 0.2) is 53.4 Å². The van der Waals surface area contributed by atoms with Gasteiger partial charge in [-0.1, -0.05) is 12.1 Å². The van der Waals surface area contributed by atoms with Crippen molar-refractivity contribution in [3.05, 3.63) is 54.1 Å². The lowest BCUT2D eigenvalue weighted by atomic mass is 10.1. The van der Waals surface area contributed by atoms with Crippen LogP contribution >= 0.6 is 11.8 Å². The number of alkyl halides is 3. The summed E-state index contributed by atoms with van der Waals surface area (Å²) in [5, 5.41) is 2.22. The minimum Gasteiger partial charge on any atom is -0.494 e. The monoisotopic (exact) mass is 426 g/mol. The highest BCUT2D eigenvalue weighted by Crippen LogP contribution is 2.34. The van der Waals surface area contributed by atoms with E-state index in [1.165, 1.54) is 41.9 Å². The van der Waals surface area contributed by atoms with Gasteiger partial charge in [-0.3, -0.25) is 9.59 Å². The number of benzene rings is 2. The molecule has 1 N–H and O–H groups in total. The standard InChI is InChI=1S/C20H21F3N2O3S/c1-3-28-14-8-10-15(11-9-14)29-13-19(27)25(2)12-18(26)24-17-7-5-4-6-16(17)20(21,22)23/h4-11H,3,12-13H2,1-2H3,(H,24,26). The van der Waals surface area contributed by atoms with Crippen molar-refractivity contribution in [2.75, 3.05) is 31.3 Å². The molecule has 0 radical (unpaired) electrons. The Hall–Kier alpha value is -2.68. The van der Waals surface area contributed by atoms with Gasteiger partial charge in [-0.25, -0.2) is 0 Å². The maximum absolute atomic E-state index is 13.0. The van der Waals surface area contributed by atoms with E-state index in [0.29, 0.717) is 6.61 Å². The van der Waals surface area contributed by atoms with Crippen LogP contribution in [0.4, 0.5) is 18.9 Å². The highest BCUT2D eigenvalue weighted by molar-refractivity contribution is 8.00. The zero-order valence-corrected chi connectivity index (χ0v) is 16.8. The van der Waals surface area contributed by atoms with E-state index in [4.69, 9.17) is 4.74 Å². The maximum atomic E-state index is 13.0. The van der Waals surface area contributed by atoms with Gasteiger partial charge in [0, 0.05) is 11.9 Å². The van der Waals surface area contributed by atoms with Crippen LogP contribution in [0.3, 0.4) is 0 Å². The average molecular weight is 426 g/mol. The first-order valence-corrected chi connectivity index (χ1v) is 9.75. The molecule has 2 rings (SSSR count). The Balaban J connectivity index is 1.87. The molecular formula is C20H21F3N2O3S. The summed E-state index contributed by atoms with van der Waals surface area (Å²) < 4.78 is 44.3. The summed E-state index contributed by atoms with van der Waals surface area (Å²) in [5.74, 6) is -0.195. The number of carbonyl (C=O) groups excluding carboxylic acids is 2. The number of nitrogens with one attached hydrogen (secondary N) is 1. The molecule has 0 saturated carbocycles. The Morgan fingerprint density at radius 1 is 1.10 bits per heavy atom. The Bertz CT molecular complexity index is 842. The first-order chi connectivity index (χ1) is 13.7. The number of anilines is 1. The topological polar surface area (TPSA) is 58.6 Å². The predicted octanol–water partition coefficient (Wildman–Crippen LogP) is 4.29. The molecule has 0 bridgehead atoms. The number of hydrogen-bond acceptors (Lipinski definition) is 4. The highest BCUT2D eigenvalue weighted by Gasteiger charge is 2.33. The van der Waals surface area contributed by atoms with Crippen LogP contribution in [0.1, 0.15) is 12.5 Å². The number of likely N-dealkylation sites (N-methyl/N-ethyl adjacent to an activating group) is 1. The molecule has 0 aromatic heterocycles. The smallest absolute Gasteiger partial charge is 0.418 e. The van der Waals surface area contributed by atoms with Gasteiger partial charge in [0.15, 0.2) is 0 Å². The number of nitrogens with zero attached hydrogens (tertiary/aromatic N) is 1. The molecule has 9 heteroatoms. The van der Waals surface area contributed by atoms with Crippen molar-refractivity contribution in [1.82, 2.24) is 4.90 Å². The molecule has 0 aliphatic heterocycles. The third-order valence-electron chi connectivity index (χ3n) is 3.81. The predicted molar refractivity (Wildman–Crippen MR) is 106 cm³/mol. The molecule has 2 amide bonds. The average Bonchev–Trinajstić information content (AvgIpc) is 2.67. The maximum Gasteiger partial charge on any atom is 0.418 e. The first kappa shape index (κ1) is 22.6. The van der Waals surface area contributed by atoms with E-state index in [1.807, 2.05) is 19.1 Å². The van der Waals surface area contributed by atoms with Crippen molar-refractivity contribution in [3.8, 4) is 5.75 Å². The van der Waals surface area contributed by atoms with Crippen LogP contribution in [0.25, 0.3) is 0 Å². The third-order valence-corrected chi connectivity index (χ3v) is 4.81. The molecule has 0 unspecified atom stereocenters. The van der Waals surface area contributed by atoms with Gasteiger partial charge in [0.25, 0.3) is 0 Å². The lowest BCUT2D eigenvalue weighted by Gasteiger charge is -2.18. The molecule has 0 atom stereocenters. The summed E-state index contributed by atoms with van der Waals surface area (Å²) >= 11 is 1.29. The normalized spacial score (nSPS) is 11.1. The second-order valence-electron chi connectivity index (χ2n) is 6.03. The number of rotatable bonds is 8. The molecule has 5 nitrogen and oxygen atoms in total. The largest absolute Gasteiger partial charge is 0.494 e. The summed E-state index contributed by atoms with van der Waals surface area (Å²) in [6.07, 6.45) is -4.58. The molecule has 2 aromatic carbocycles. The van der Waals surface area contributed by atoms with E-state index in [2.05, 4.69) is 5.32 Å². The minimum atomic E-state index is -4.58. The van der Waals surface area contributed by atoms with Crippen LogP contribution in [-0.2, 0) is 15.8 Å². The van der Waals surface area contributed by atoms with E-state index in [1.54, 1.807) is 12.1 Å². The lowest BCUT2D eigenvalue weighted by Crippen LogP contribution is -2.36. The first-order valence-electron chi connectivity index (χ1n) is 8.76. The molecule has 29 heavy (non-hydrogen) atoms. The summed E-state index contributed by atoms with van der Waals surface area (Å²) in [6, 6.07) is 11.9. The van der Waals surface area contributed by atoms with Gasteiger partial charge in [-0.05, 0) is 43.3 Å². The molecular weight excluding hydrogens is 405 g/mol. The SMILES string of the molecule is CCOc1ccc(SCC(=O)N(C)CC(=O)Nc2ccccc2C(F)(F)F)cc1. The number of hydrogen-bond donors (Lipinski definition) is 1. The summed E-state index contributed by atoms with van der Waals surface area (Å²) in [7, 11) is 1.43. The Labute approximate surface area is 171 Å². The lowest BCUT2D eigenvalue weighted by molar-refractivity contribution is -0.137. The summed E-state index contributed by atoms with van der Waals surface area (Å²) in [4.78, 5) is 26.3. The Morgan fingerprint density at radius 2 is 1.76 bits per heavy atom. The fourth-order valence-corrected chi connectivity index (χ4v) is 3.23. The second-order valence-corrected chi connectivity index (χ2v) is 7.08. The number of carbonyl (C=O) groups is 2. The number of ether oxygens (including phenoxy) is 1. The summed E-state index contributed by atoms with van der Waals surface area (Å²) in [6.45, 7) is 2.09. The van der Waals surface area contributed by atoms with E-state index < -0.39 is 17.6 Å². The van der Waals surface area contributed by atoms with E-state index in [9.17, 15) is 22.8 Å². The molecule has 0 heterocycles. The molecule has 0 fully saturated rings. The van der Waals surface area contributed by atoms with Gasteiger partial charge in [0.05, 0.1) is 30.2 Å². The number of amides is 2. The zero-order chi connectivity index (χ0) is 21.4. The molecule has 2 aromatic rings. The van der Waals surface area contributed by atoms with Gasteiger partial charge in [0.1, 0.15) is 5.75 Å². The van der Waals surface area contributed by atoms with Gasteiger partial charge < -0.3 is 15.0 Å². The minimum absolute atomic E-state index is 0.0941. The van der Waals surface area contributed by atoms with Crippen molar-refractivity contribution in [3.63, 3.8) is 0 Å². The van der Waals surface area contributed by atoms with Crippen LogP contribution in [0.5, 0.6) is 5.75 Å². The van der Waals surface area contributed by atoms with Crippen molar-refractivity contribution in [2.24, 2.45) is 0 Å². The zero-order valence-electron chi connectivity index (χ0n) is 16.0. The van der Waals surface area contributed by atoms with Gasteiger partial charge >= 0.3 is 6.18 Å². The summed E-state index contributed by atoms with van der Waals surface area (Å²) in [5.41, 5.74) is -1.28. The molecule has 0 saturated heterocycles. The number of para-hydroxylation sites is 1. The second kappa shape index (κ2) is 10.2. The van der Waals surface area contributed by atoms with Crippen LogP contribution in [-0.4, -0.2) is 42.7 Å². The van der Waals surface area contributed by atoms with Crippen LogP contribution < -0.4 is 10.1 Å². The van der Waals surface area contributed by atoms with Crippen molar-refractivity contribution >= 4 is 29.3 Å². The fraction of sp³-hybridized carbons (Fsp3) is 0.300. The van der Waals surface area contributed by atoms with Crippen molar-refractivity contribution in [2.45, 2.75) is 18.0 Å². The number of thioether (sulfide) groups is 1. The molecule has 0 aliphatic rings. The fourth-order valence-electron chi connectivity index (χ4n) is 2.39. The van der Waals surface area contributed by atoms with Gasteiger partial charge in [-0.15, -0.1) is 11.8 Å². The van der Waals surface area contributed by atoms with Gasteiger partial charge in [0.2, 0.25) is 11.8 Å². The Kier molecular flexibility index (Phi) is 7.95. The molecule has 0 aliphatic carbocycles. The molecule has 0 spiro atoms. The highest BCUT2D eigenvalue weighted by atomic mass is 32.2. The van der Waals surface area contributed by atoms with Crippen molar-refractivity contribution in [1.29, 1.82) is 0 Å². The Morgan fingerprint density at radius 3 is 2.38 bits per heavy atom. The third kappa shape index (κ3) is 7.01.